The van der Waals surface area contributed by atoms with Gasteiger partial charge in [0.15, 0.2) is 0 Å². The van der Waals surface area contributed by atoms with Crippen molar-refractivity contribution in [3.8, 4) is 0 Å². The number of carbonyl (C=O) groups is 1. The number of halogens is 1. The molecule has 0 atom stereocenters. The summed E-state index contributed by atoms with van der Waals surface area (Å²) in [6.07, 6.45) is 2.02. The zero-order valence-electron chi connectivity index (χ0n) is 14.9. The second kappa shape index (κ2) is 8.12. The van der Waals surface area contributed by atoms with E-state index in [1.165, 1.54) is 11.3 Å². The molecule has 0 radical (unpaired) electrons. The van der Waals surface area contributed by atoms with E-state index >= 15 is 0 Å². The number of ether oxygens (including phenoxy) is 1. The van der Waals surface area contributed by atoms with E-state index in [0.717, 1.165) is 47.5 Å². The number of hydrogen-bond donors (Lipinski definition) is 0. The summed E-state index contributed by atoms with van der Waals surface area (Å²) in [7, 11) is 0. The van der Waals surface area contributed by atoms with E-state index in [0.29, 0.717) is 4.88 Å². The summed E-state index contributed by atoms with van der Waals surface area (Å²) < 4.78 is 5.35. The lowest BCUT2D eigenvalue weighted by Gasteiger charge is -2.22. The fourth-order valence-corrected chi connectivity index (χ4v) is 3.82. The molecule has 2 aromatic heterocycles. The lowest BCUT2D eigenvalue weighted by Crippen LogP contribution is -2.25. The number of rotatable bonds is 7. The topological polar surface area (TPSA) is 55.3 Å². The second-order valence-corrected chi connectivity index (χ2v) is 7.28. The normalized spacial score (nSPS) is 11.3. The Morgan fingerprint density at radius 2 is 2.04 bits per heavy atom. The molecule has 0 N–H and O–H groups in total. The first-order chi connectivity index (χ1) is 11.4. The van der Waals surface area contributed by atoms with E-state index in [1.807, 2.05) is 20.8 Å². The minimum atomic E-state index is -0.316. The van der Waals surface area contributed by atoms with Crippen molar-refractivity contribution in [3.05, 3.63) is 15.7 Å². The highest BCUT2D eigenvalue weighted by Gasteiger charge is 2.23. The average molecular weight is 370 g/mol. The van der Waals surface area contributed by atoms with Crippen molar-refractivity contribution in [3.63, 3.8) is 0 Å². The Hall–Kier alpha value is -1.40. The maximum absolute atomic E-state index is 12.3. The minimum Gasteiger partial charge on any atom is -0.459 e. The lowest BCUT2D eigenvalue weighted by atomic mass is 10.2. The molecule has 2 rings (SSSR count). The molecule has 0 bridgehead atoms. The third kappa shape index (κ3) is 3.98. The highest BCUT2D eigenvalue weighted by Crippen LogP contribution is 2.36. The van der Waals surface area contributed by atoms with Gasteiger partial charge in [0.25, 0.3) is 0 Å². The quantitative estimate of drug-likeness (QED) is 0.516. The molecule has 0 fully saturated rings. The van der Waals surface area contributed by atoms with Gasteiger partial charge in [-0.3, -0.25) is 0 Å². The molecular formula is C17H24ClN3O2S. The molecule has 2 aromatic rings. The lowest BCUT2D eigenvalue weighted by molar-refractivity contribution is 0.0383. The van der Waals surface area contributed by atoms with Gasteiger partial charge in [0.2, 0.25) is 5.28 Å². The predicted octanol–water partition coefficient (Wildman–Crippen LogP) is 4.84. The summed E-state index contributed by atoms with van der Waals surface area (Å²) in [5.41, 5.74) is 0.863. The molecule has 0 aliphatic rings. The molecule has 0 aromatic carbocycles. The molecule has 0 aliphatic heterocycles. The van der Waals surface area contributed by atoms with Crippen molar-refractivity contribution in [1.82, 2.24) is 9.97 Å². The van der Waals surface area contributed by atoms with Gasteiger partial charge in [-0.25, -0.2) is 9.78 Å². The molecule has 0 amide bonds. The molecule has 7 heteroatoms. The zero-order valence-corrected chi connectivity index (χ0v) is 16.4. The first kappa shape index (κ1) is 18.9. The largest absolute Gasteiger partial charge is 0.459 e. The van der Waals surface area contributed by atoms with Gasteiger partial charge in [0, 0.05) is 13.1 Å². The third-order valence-corrected chi connectivity index (χ3v) is 5.07. The fraction of sp³-hybridized carbons (Fsp3) is 0.588. The number of aryl methyl sites for hydroxylation is 1. The van der Waals surface area contributed by atoms with E-state index in [1.54, 1.807) is 0 Å². The molecule has 5 nitrogen and oxygen atoms in total. The van der Waals surface area contributed by atoms with Gasteiger partial charge in [0.1, 0.15) is 15.5 Å². The number of thiophene rings is 1. The van der Waals surface area contributed by atoms with Crippen LogP contribution < -0.4 is 4.90 Å². The number of carbonyl (C=O) groups excluding carboxylic acids is 1. The summed E-state index contributed by atoms with van der Waals surface area (Å²) in [6, 6.07) is 0. The van der Waals surface area contributed by atoms with Crippen molar-refractivity contribution < 1.29 is 9.53 Å². The van der Waals surface area contributed by atoms with Gasteiger partial charge in [-0.1, -0.05) is 13.3 Å². The van der Waals surface area contributed by atoms with Crippen molar-refractivity contribution in [2.75, 3.05) is 18.0 Å². The zero-order chi connectivity index (χ0) is 17.9. The van der Waals surface area contributed by atoms with Crippen molar-refractivity contribution >= 4 is 44.9 Å². The monoisotopic (exact) mass is 369 g/mol. The standard InChI is InChI=1S/C17H24ClN3O2S/c1-6-8-9-21(7-2)14-12-11(5)13(16(22)23-10(3)4)24-15(12)20-17(18)19-14/h10H,6-9H2,1-5H3. The number of esters is 1. The Labute approximate surface area is 152 Å². The molecule has 0 spiro atoms. The molecule has 2 heterocycles. The number of nitrogens with zero attached hydrogens (tertiary/aromatic N) is 3. The van der Waals surface area contributed by atoms with Crippen LogP contribution in [-0.4, -0.2) is 35.1 Å². The van der Waals surface area contributed by atoms with E-state index in [2.05, 4.69) is 28.7 Å². The number of unbranched alkanes of at least 4 members (excludes halogenated alkanes) is 1. The first-order valence-electron chi connectivity index (χ1n) is 8.31. The average Bonchev–Trinajstić information content (AvgIpc) is 2.84. The molecule has 0 unspecified atom stereocenters. The first-order valence-corrected chi connectivity index (χ1v) is 9.51. The van der Waals surface area contributed by atoms with Crippen molar-refractivity contribution in [2.45, 2.75) is 53.6 Å². The Balaban J connectivity index is 2.55. The Morgan fingerprint density at radius 3 is 2.62 bits per heavy atom. The van der Waals surface area contributed by atoms with Crippen LogP contribution in [0.5, 0.6) is 0 Å². The van der Waals surface area contributed by atoms with Crippen LogP contribution in [0.25, 0.3) is 10.2 Å². The Kier molecular flexibility index (Phi) is 6.40. The van der Waals surface area contributed by atoms with E-state index < -0.39 is 0 Å². The summed E-state index contributed by atoms with van der Waals surface area (Å²) >= 11 is 7.44. The van der Waals surface area contributed by atoms with Crippen LogP contribution in [0.1, 0.15) is 55.8 Å². The van der Waals surface area contributed by atoms with Gasteiger partial charge >= 0.3 is 5.97 Å². The molecule has 0 saturated heterocycles. The van der Waals surface area contributed by atoms with Crippen molar-refractivity contribution in [1.29, 1.82) is 0 Å². The maximum Gasteiger partial charge on any atom is 0.348 e. The number of anilines is 1. The number of aromatic nitrogens is 2. The summed E-state index contributed by atoms with van der Waals surface area (Å²) in [6.45, 7) is 11.6. The highest BCUT2D eigenvalue weighted by molar-refractivity contribution is 7.20. The Bertz CT molecular complexity index is 730. The SMILES string of the molecule is CCCCN(CC)c1nc(Cl)nc2sc(C(=O)OC(C)C)c(C)c12. The summed E-state index contributed by atoms with van der Waals surface area (Å²) in [4.78, 5) is 24.6. The fourth-order valence-electron chi connectivity index (χ4n) is 2.55. The van der Waals surface area contributed by atoms with Gasteiger partial charge in [-0.15, -0.1) is 11.3 Å². The molecule has 132 valence electrons. The number of fused-ring (bicyclic) bond motifs is 1. The van der Waals surface area contributed by atoms with Gasteiger partial charge < -0.3 is 9.64 Å². The second-order valence-electron chi connectivity index (χ2n) is 5.94. The highest BCUT2D eigenvalue weighted by atomic mass is 35.5. The van der Waals surface area contributed by atoms with Crippen LogP contribution in [0, 0.1) is 6.92 Å². The molecule has 0 saturated carbocycles. The van der Waals surface area contributed by atoms with Crippen molar-refractivity contribution in [2.24, 2.45) is 0 Å². The van der Waals surface area contributed by atoms with Crippen LogP contribution >= 0.6 is 22.9 Å². The molecular weight excluding hydrogens is 346 g/mol. The summed E-state index contributed by atoms with van der Waals surface area (Å²) in [5, 5.41) is 1.11. The van der Waals surface area contributed by atoms with Gasteiger partial charge in [0.05, 0.1) is 11.5 Å². The minimum absolute atomic E-state index is 0.159. The van der Waals surface area contributed by atoms with E-state index in [-0.39, 0.29) is 17.4 Å². The number of hydrogen-bond acceptors (Lipinski definition) is 6. The van der Waals surface area contributed by atoms with E-state index in [4.69, 9.17) is 16.3 Å². The molecule has 24 heavy (non-hydrogen) atoms. The van der Waals surface area contributed by atoms with Crippen LogP contribution in [0.4, 0.5) is 5.82 Å². The smallest absolute Gasteiger partial charge is 0.348 e. The predicted molar refractivity (Wildman–Crippen MR) is 101 cm³/mol. The third-order valence-electron chi connectivity index (χ3n) is 3.73. The van der Waals surface area contributed by atoms with Crippen LogP contribution in [0.3, 0.4) is 0 Å². The van der Waals surface area contributed by atoms with Gasteiger partial charge in [-0.05, 0) is 51.3 Å². The van der Waals surface area contributed by atoms with Gasteiger partial charge in [-0.2, -0.15) is 4.98 Å². The van der Waals surface area contributed by atoms with Crippen LogP contribution in [-0.2, 0) is 4.74 Å². The van der Waals surface area contributed by atoms with E-state index in [9.17, 15) is 4.79 Å². The maximum atomic E-state index is 12.3. The van der Waals surface area contributed by atoms with Crippen LogP contribution in [0.2, 0.25) is 5.28 Å². The Morgan fingerprint density at radius 1 is 1.33 bits per heavy atom. The van der Waals surface area contributed by atoms with Crippen LogP contribution in [0.15, 0.2) is 0 Å². The molecule has 0 aliphatic carbocycles. The summed E-state index contributed by atoms with van der Waals surface area (Å²) in [5.74, 6) is 0.488.